The van der Waals surface area contributed by atoms with Gasteiger partial charge in [-0.25, -0.2) is 0 Å². The van der Waals surface area contributed by atoms with Gasteiger partial charge in [0.05, 0.1) is 0 Å². The minimum atomic E-state index is 0.243. The number of nitrogens with two attached hydrogens (primary N) is 1. The van der Waals surface area contributed by atoms with Crippen molar-refractivity contribution in [1.82, 2.24) is 4.90 Å². The highest BCUT2D eigenvalue weighted by Crippen LogP contribution is 2.28. The molecule has 1 aliphatic rings. The second-order valence-corrected chi connectivity index (χ2v) is 4.80. The summed E-state index contributed by atoms with van der Waals surface area (Å²) >= 11 is 0. The van der Waals surface area contributed by atoms with Gasteiger partial charge >= 0.3 is 0 Å². The zero-order valence-corrected chi connectivity index (χ0v) is 10.1. The van der Waals surface area contributed by atoms with Crippen LogP contribution in [-0.2, 0) is 0 Å². The summed E-state index contributed by atoms with van der Waals surface area (Å²) in [5, 5.41) is 0. The summed E-state index contributed by atoms with van der Waals surface area (Å²) < 4.78 is 0. The monoisotopic (exact) mass is 198 g/mol. The summed E-state index contributed by atoms with van der Waals surface area (Å²) in [6, 6.07) is 0.343. The standard InChI is InChI=1S/C12H26N2/c1-4-8-11(13)12(3,5-2)14-9-6-7-10-14/h11H,4-10,13H2,1-3H3. The Morgan fingerprint density at radius 1 is 1.29 bits per heavy atom. The second kappa shape index (κ2) is 5.13. The lowest BCUT2D eigenvalue weighted by atomic mass is 9.85. The maximum absolute atomic E-state index is 6.31. The van der Waals surface area contributed by atoms with Gasteiger partial charge in [0.25, 0.3) is 0 Å². The lowest BCUT2D eigenvalue weighted by Gasteiger charge is -2.43. The Morgan fingerprint density at radius 2 is 1.86 bits per heavy atom. The van der Waals surface area contributed by atoms with Crippen LogP contribution in [0.1, 0.15) is 52.9 Å². The quantitative estimate of drug-likeness (QED) is 0.735. The molecule has 0 saturated carbocycles. The van der Waals surface area contributed by atoms with Crippen LogP contribution in [0.25, 0.3) is 0 Å². The van der Waals surface area contributed by atoms with Gasteiger partial charge in [0.2, 0.25) is 0 Å². The van der Waals surface area contributed by atoms with Crippen LogP contribution in [0.3, 0.4) is 0 Å². The van der Waals surface area contributed by atoms with Crippen LogP contribution in [-0.4, -0.2) is 29.6 Å². The van der Waals surface area contributed by atoms with E-state index in [2.05, 4.69) is 25.7 Å². The topological polar surface area (TPSA) is 29.3 Å². The molecule has 0 aliphatic carbocycles. The third kappa shape index (κ3) is 2.29. The summed E-state index contributed by atoms with van der Waals surface area (Å²) in [6.45, 7) is 9.34. The third-order valence-electron chi connectivity index (χ3n) is 3.94. The molecule has 0 aromatic carbocycles. The predicted molar refractivity (Wildman–Crippen MR) is 62.4 cm³/mol. The Kier molecular flexibility index (Phi) is 4.39. The van der Waals surface area contributed by atoms with E-state index in [1.807, 2.05) is 0 Å². The molecule has 84 valence electrons. The van der Waals surface area contributed by atoms with Crippen molar-refractivity contribution in [3.63, 3.8) is 0 Å². The molecule has 2 atom stereocenters. The summed E-state index contributed by atoms with van der Waals surface area (Å²) in [5.74, 6) is 0. The van der Waals surface area contributed by atoms with E-state index in [9.17, 15) is 0 Å². The highest BCUT2D eigenvalue weighted by Gasteiger charge is 2.36. The van der Waals surface area contributed by atoms with Crippen molar-refractivity contribution in [3.05, 3.63) is 0 Å². The first-order valence-electron chi connectivity index (χ1n) is 6.15. The van der Waals surface area contributed by atoms with Crippen LogP contribution in [0.15, 0.2) is 0 Å². The zero-order valence-electron chi connectivity index (χ0n) is 10.1. The third-order valence-corrected chi connectivity index (χ3v) is 3.94. The van der Waals surface area contributed by atoms with Crippen LogP contribution in [0, 0.1) is 0 Å². The first kappa shape index (κ1) is 12.0. The molecule has 2 nitrogen and oxygen atoms in total. The molecule has 1 aliphatic heterocycles. The van der Waals surface area contributed by atoms with E-state index >= 15 is 0 Å². The summed E-state index contributed by atoms with van der Waals surface area (Å²) in [7, 11) is 0. The minimum Gasteiger partial charge on any atom is -0.326 e. The van der Waals surface area contributed by atoms with Crippen molar-refractivity contribution in [2.24, 2.45) is 5.73 Å². The first-order valence-corrected chi connectivity index (χ1v) is 6.15. The number of hydrogen-bond acceptors (Lipinski definition) is 2. The molecule has 0 radical (unpaired) electrons. The van der Waals surface area contributed by atoms with Gasteiger partial charge in [0.15, 0.2) is 0 Å². The molecule has 1 fully saturated rings. The Bertz CT molecular complexity index is 164. The normalized spacial score (nSPS) is 24.9. The van der Waals surface area contributed by atoms with Crippen LogP contribution in [0.5, 0.6) is 0 Å². The Balaban J connectivity index is 2.62. The maximum atomic E-state index is 6.31. The molecule has 2 N–H and O–H groups in total. The molecule has 2 unspecified atom stereocenters. The molecule has 0 amide bonds. The van der Waals surface area contributed by atoms with Crippen molar-refractivity contribution >= 4 is 0 Å². The van der Waals surface area contributed by atoms with Crippen molar-refractivity contribution in [2.45, 2.75) is 64.5 Å². The molecule has 0 bridgehead atoms. The van der Waals surface area contributed by atoms with E-state index in [0.717, 1.165) is 6.42 Å². The lowest BCUT2D eigenvalue weighted by molar-refractivity contribution is 0.0962. The van der Waals surface area contributed by atoms with Crippen LogP contribution >= 0.6 is 0 Å². The van der Waals surface area contributed by atoms with E-state index < -0.39 is 0 Å². The molecule has 2 heteroatoms. The number of likely N-dealkylation sites (tertiary alicyclic amines) is 1. The molecule has 14 heavy (non-hydrogen) atoms. The van der Waals surface area contributed by atoms with Crippen molar-refractivity contribution in [3.8, 4) is 0 Å². The van der Waals surface area contributed by atoms with E-state index in [4.69, 9.17) is 5.73 Å². The van der Waals surface area contributed by atoms with Crippen LogP contribution in [0.2, 0.25) is 0 Å². The molecule has 1 saturated heterocycles. The second-order valence-electron chi connectivity index (χ2n) is 4.80. The highest BCUT2D eigenvalue weighted by molar-refractivity contribution is 4.95. The van der Waals surface area contributed by atoms with Gasteiger partial charge in [0, 0.05) is 11.6 Å². The fourth-order valence-electron chi connectivity index (χ4n) is 2.57. The van der Waals surface area contributed by atoms with Gasteiger partial charge in [-0.1, -0.05) is 20.3 Å². The van der Waals surface area contributed by atoms with Gasteiger partial charge < -0.3 is 5.73 Å². The van der Waals surface area contributed by atoms with Gasteiger partial charge in [-0.2, -0.15) is 0 Å². The molecule has 0 aromatic rings. The number of nitrogens with zero attached hydrogens (tertiary/aromatic N) is 1. The van der Waals surface area contributed by atoms with Crippen LogP contribution < -0.4 is 5.73 Å². The highest BCUT2D eigenvalue weighted by atomic mass is 15.2. The Labute approximate surface area is 88.8 Å². The van der Waals surface area contributed by atoms with Crippen molar-refractivity contribution in [2.75, 3.05) is 13.1 Å². The van der Waals surface area contributed by atoms with Gasteiger partial charge in [-0.15, -0.1) is 0 Å². The van der Waals surface area contributed by atoms with E-state index in [1.54, 1.807) is 0 Å². The number of hydrogen-bond donors (Lipinski definition) is 1. The van der Waals surface area contributed by atoms with E-state index in [1.165, 1.54) is 38.8 Å². The molecule has 1 heterocycles. The summed E-state index contributed by atoms with van der Waals surface area (Å²) in [5.41, 5.74) is 6.55. The molecule has 0 spiro atoms. The minimum absolute atomic E-state index is 0.243. The van der Waals surface area contributed by atoms with Crippen molar-refractivity contribution < 1.29 is 0 Å². The summed E-state index contributed by atoms with van der Waals surface area (Å²) in [6.07, 6.45) is 6.24. The van der Waals surface area contributed by atoms with Crippen molar-refractivity contribution in [1.29, 1.82) is 0 Å². The fraction of sp³-hybridized carbons (Fsp3) is 1.00. The summed E-state index contributed by atoms with van der Waals surface area (Å²) in [4.78, 5) is 2.60. The van der Waals surface area contributed by atoms with E-state index in [-0.39, 0.29) is 5.54 Å². The fourth-order valence-corrected chi connectivity index (χ4v) is 2.57. The molecular weight excluding hydrogens is 172 g/mol. The molecular formula is C12H26N2. The lowest BCUT2D eigenvalue weighted by Crippen LogP contribution is -2.56. The zero-order chi connectivity index (χ0) is 10.6. The van der Waals surface area contributed by atoms with Gasteiger partial charge in [-0.05, 0) is 45.7 Å². The number of rotatable bonds is 5. The molecule has 1 rings (SSSR count). The predicted octanol–water partition coefficient (Wildman–Crippen LogP) is 2.38. The van der Waals surface area contributed by atoms with Gasteiger partial charge in [-0.3, -0.25) is 4.90 Å². The SMILES string of the molecule is CCCC(N)C(C)(CC)N1CCCC1. The van der Waals surface area contributed by atoms with Gasteiger partial charge in [0.1, 0.15) is 0 Å². The largest absolute Gasteiger partial charge is 0.326 e. The first-order chi connectivity index (χ1) is 6.65. The average molecular weight is 198 g/mol. The Hall–Kier alpha value is -0.0800. The maximum Gasteiger partial charge on any atom is 0.0329 e. The molecule has 0 aromatic heterocycles. The Morgan fingerprint density at radius 3 is 2.29 bits per heavy atom. The smallest absolute Gasteiger partial charge is 0.0329 e. The van der Waals surface area contributed by atoms with Crippen LogP contribution in [0.4, 0.5) is 0 Å². The average Bonchev–Trinajstić information content (AvgIpc) is 2.70. The van der Waals surface area contributed by atoms with E-state index in [0.29, 0.717) is 6.04 Å².